The summed E-state index contributed by atoms with van der Waals surface area (Å²) in [6, 6.07) is 9.04. The van der Waals surface area contributed by atoms with Crippen molar-refractivity contribution >= 4 is 34.9 Å². The molecule has 7 heteroatoms. The van der Waals surface area contributed by atoms with Crippen molar-refractivity contribution < 1.29 is 19.0 Å². The highest BCUT2D eigenvalue weighted by molar-refractivity contribution is 6.35. The minimum atomic E-state index is -0.361. The number of nitrogens with one attached hydrogen (secondary N) is 1. The van der Waals surface area contributed by atoms with Crippen LogP contribution in [0.4, 0.5) is 5.69 Å². The highest BCUT2D eigenvalue weighted by Crippen LogP contribution is 2.50. The van der Waals surface area contributed by atoms with Crippen molar-refractivity contribution in [2.75, 3.05) is 18.7 Å². The fraction of sp³-hybridized carbons (Fsp3) is 0.167. The largest absolute Gasteiger partial charge is 0.456 e. The standard InChI is InChI=1S/C18H11Cl2NO4/c19-8-1-2-9(11(20)3-8)16-10-4-14-15(25-7-24-14)5-12(10)21-13-6-23-18(22)17(13)16/h1-5,16,21H,6-7H2/t16-/m0/s1. The predicted octanol–water partition coefficient (Wildman–Crippen LogP) is 4.09. The zero-order chi connectivity index (χ0) is 17.1. The number of rotatable bonds is 1. The summed E-state index contributed by atoms with van der Waals surface area (Å²) in [6.07, 6.45) is 0. The summed E-state index contributed by atoms with van der Waals surface area (Å²) in [5.41, 5.74) is 3.82. The number of ether oxygens (including phenoxy) is 3. The predicted molar refractivity (Wildman–Crippen MR) is 92.5 cm³/mol. The molecule has 0 aromatic heterocycles. The van der Waals surface area contributed by atoms with E-state index in [1.165, 1.54) is 0 Å². The van der Waals surface area contributed by atoms with E-state index in [1.54, 1.807) is 12.1 Å². The van der Waals surface area contributed by atoms with Crippen LogP contribution in [0, 0.1) is 0 Å². The Morgan fingerprint density at radius 3 is 2.60 bits per heavy atom. The molecular weight excluding hydrogens is 365 g/mol. The van der Waals surface area contributed by atoms with Crippen molar-refractivity contribution in [3.63, 3.8) is 0 Å². The Kier molecular flexibility index (Phi) is 3.17. The number of hydrogen-bond donors (Lipinski definition) is 1. The van der Waals surface area contributed by atoms with Crippen LogP contribution in [0.3, 0.4) is 0 Å². The minimum Gasteiger partial charge on any atom is -0.456 e. The summed E-state index contributed by atoms with van der Waals surface area (Å²) in [7, 11) is 0. The van der Waals surface area contributed by atoms with Gasteiger partial charge in [0.1, 0.15) is 6.61 Å². The molecule has 5 rings (SSSR count). The summed E-state index contributed by atoms with van der Waals surface area (Å²) in [6.45, 7) is 0.392. The lowest BCUT2D eigenvalue weighted by Crippen LogP contribution is -2.20. The summed E-state index contributed by atoms with van der Waals surface area (Å²) in [5.74, 6) is 0.606. The fourth-order valence-electron chi connectivity index (χ4n) is 3.49. The van der Waals surface area contributed by atoms with E-state index in [1.807, 2.05) is 18.2 Å². The Morgan fingerprint density at radius 2 is 1.80 bits per heavy atom. The van der Waals surface area contributed by atoms with Gasteiger partial charge >= 0.3 is 5.97 Å². The third kappa shape index (κ3) is 2.19. The van der Waals surface area contributed by atoms with Gasteiger partial charge in [0.05, 0.1) is 11.3 Å². The maximum atomic E-state index is 12.4. The van der Waals surface area contributed by atoms with Crippen molar-refractivity contribution in [2.24, 2.45) is 0 Å². The molecule has 0 bridgehead atoms. The summed E-state index contributed by atoms with van der Waals surface area (Å²) < 4.78 is 16.2. The van der Waals surface area contributed by atoms with Crippen LogP contribution in [-0.2, 0) is 9.53 Å². The van der Waals surface area contributed by atoms with E-state index in [0.29, 0.717) is 27.1 Å². The number of hydrogen-bond acceptors (Lipinski definition) is 5. The van der Waals surface area contributed by atoms with E-state index in [-0.39, 0.29) is 25.3 Å². The molecule has 0 unspecified atom stereocenters. The molecule has 3 aliphatic rings. The Hall–Kier alpha value is -2.37. The average Bonchev–Trinajstić information content (AvgIpc) is 3.18. The normalized spacial score (nSPS) is 20.1. The molecule has 2 aromatic carbocycles. The number of benzene rings is 2. The van der Waals surface area contributed by atoms with E-state index < -0.39 is 0 Å². The van der Waals surface area contributed by atoms with Crippen LogP contribution in [-0.4, -0.2) is 19.4 Å². The van der Waals surface area contributed by atoms with Crippen LogP contribution in [0.2, 0.25) is 10.0 Å². The van der Waals surface area contributed by atoms with E-state index in [2.05, 4.69) is 5.32 Å². The summed E-state index contributed by atoms with van der Waals surface area (Å²) in [4.78, 5) is 12.4. The molecule has 2 aromatic rings. The zero-order valence-corrected chi connectivity index (χ0v) is 14.3. The first kappa shape index (κ1) is 14.9. The third-order valence-electron chi connectivity index (χ3n) is 4.60. The second-order valence-corrected chi connectivity index (χ2v) is 6.83. The fourth-order valence-corrected chi connectivity index (χ4v) is 4.01. The van der Waals surface area contributed by atoms with Gasteiger partial charge in [0.15, 0.2) is 11.5 Å². The Bertz CT molecular complexity index is 970. The highest BCUT2D eigenvalue weighted by atomic mass is 35.5. The molecule has 1 N–H and O–H groups in total. The first-order valence-electron chi connectivity index (χ1n) is 7.67. The Balaban J connectivity index is 1.76. The number of anilines is 1. The maximum Gasteiger partial charge on any atom is 0.337 e. The molecule has 3 heterocycles. The lowest BCUT2D eigenvalue weighted by atomic mass is 9.81. The molecule has 3 aliphatic heterocycles. The number of carbonyl (C=O) groups is 1. The number of halogens is 2. The number of esters is 1. The Labute approximate surface area is 153 Å². The minimum absolute atomic E-state index is 0.180. The molecule has 1 atom stereocenters. The third-order valence-corrected chi connectivity index (χ3v) is 5.16. The van der Waals surface area contributed by atoms with Gasteiger partial charge in [-0.3, -0.25) is 0 Å². The van der Waals surface area contributed by atoms with E-state index in [4.69, 9.17) is 37.4 Å². The van der Waals surface area contributed by atoms with Gasteiger partial charge in [-0.1, -0.05) is 29.3 Å². The van der Waals surface area contributed by atoms with Crippen molar-refractivity contribution in [1.82, 2.24) is 0 Å². The van der Waals surface area contributed by atoms with Crippen LogP contribution < -0.4 is 14.8 Å². The van der Waals surface area contributed by atoms with Crippen LogP contribution in [0.25, 0.3) is 0 Å². The zero-order valence-electron chi connectivity index (χ0n) is 12.8. The van der Waals surface area contributed by atoms with Gasteiger partial charge < -0.3 is 19.5 Å². The molecule has 0 spiro atoms. The van der Waals surface area contributed by atoms with E-state index in [9.17, 15) is 4.79 Å². The highest BCUT2D eigenvalue weighted by Gasteiger charge is 2.40. The monoisotopic (exact) mass is 375 g/mol. The van der Waals surface area contributed by atoms with E-state index in [0.717, 1.165) is 22.5 Å². The molecule has 0 fully saturated rings. The maximum absolute atomic E-state index is 12.4. The van der Waals surface area contributed by atoms with Crippen LogP contribution >= 0.6 is 23.2 Å². The van der Waals surface area contributed by atoms with Gasteiger partial charge in [0, 0.05) is 27.7 Å². The van der Waals surface area contributed by atoms with Crippen LogP contribution in [0.5, 0.6) is 11.5 Å². The van der Waals surface area contributed by atoms with Crippen molar-refractivity contribution in [1.29, 1.82) is 0 Å². The SMILES string of the molecule is O=C1OCC2=C1[C@@H](c1ccc(Cl)cc1Cl)c1cc3c(cc1N2)OCO3. The smallest absolute Gasteiger partial charge is 0.337 e. The molecule has 25 heavy (non-hydrogen) atoms. The van der Waals surface area contributed by atoms with Gasteiger partial charge in [-0.25, -0.2) is 4.79 Å². The molecule has 0 radical (unpaired) electrons. The quantitative estimate of drug-likeness (QED) is 0.760. The average molecular weight is 376 g/mol. The molecule has 0 aliphatic carbocycles. The van der Waals surface area contributed by atoms with Crippen LogP contribution in [0.1, 0.15) is 17.0 Å². The number of fused-ring (bicyclic) bond motifs is 2. The van der Waals surface area contributed by atoms with Gasteiger partial charge in [0.25, 0.3) is 0 Å². The number of carbonyl (C=O) groups excluding carboxylic acids is 1. The molecule has 0 saturated heterocycles. The van der Waals surface area contributed by atoms with Gasteiger partial charge in [-0.15, -0.1) is 0 Å². The molecular formula is C18H11Cl2NO4. The second kappa shape index (κ2) is 5.31. The molecule has 0 saturated carbocycles. The summed E-state index contributed by atoms with van der Waals surface area (Å²) in [5, 5.41) is 4.31. The van der Waals surface area contributed by atoms with Crippen molar-refractivity contribution in [2.45, 2.75) is 5.92 Å². The second-order valence-electron chi connectivity index (χ2n) is 5.98. The number of cyclic esters (lactones) is 1. The van der Waals surface area contributed by atoms with Crippen molar-refractivity contribution in [3.8, 4) is 11.5 Å². The van der Waals surface area contributed by atoms with Crippen molar-refractivity contribution in [3.05, 3.63) is 62.8 Å². The van der Waals surface area contributed by atoms with E-state index >= 15 is 0 Å². The molecule has 126 valence electrons. The first-order valence-corrected chi connectivity index (χ1v) is 8.43. The lowest BCUT2D eigenvalue weighted by Gasteiger charge is -2.28. The van der Waals surface area contributed by atoms with Gasteiger partial charge in [-0.2, -0.15) is 0 Å². The van der Waals surface area contributed by atoms with Gasteiger partial charge in [0.2, 0.25) is 6.79 Å². The topological polar surface area (TPSA) is 56.8 Å². The lowest BCUT2D eigenvalue weighted by molar-refractivity contribution is -0.136. The molecule has 0 amide bonds. The summed E-state index contributed by atoms with van der Waals surface area (Å²) >= 11 is 12.5. The van der Waals surface area contributed by atoms with Gasteiger partial charge in [-0.05, 0) is 29.3 Å². The molecule has 5 nitrogen and oxygen atoms in total. The first-order chi connectivity index (χ1) is 12.1. The van der Waals surface area contributed by atoms with Crippen LogP contribution in [0.15, 0.2) is 41.6 Å². The Morgan fingerprint density at radius 1 is 1.00 bits per heavy atom.